The molecule has 5 rings (SSSR count). The molecule has 0 fully saturated rings. The molecule has 8 heteroatoms. The predicted molar refractivity (Wildman–Crippen MR) is 146 cm³/mol. The number of aliphatic hydroxyl groups is 1. The van der Waals surface area contributed by atoms with Crippen LogP contribution >= 0.6 is 0 Å². The normalized spacial score (nSPS) is 11.4. The Balaban J connectivity index is 1.40. The zero-order valence-corrected chi connectivity index (χ0v) is 20.9. The first-order valence-electron chi connectivity index (χ1n) is 12.1. The van der Waals surface area contributed by atoms with Crippen LogP contribution < -0.4 is 5.32 Å². The molecular formula is C30H26N4O4. The summed E-state index contributed by atoms with van der Waals surface area (Å²) in [6.07, 6.45) is 2.20. The molecule has 0 aliphatic carbocycles. The second kappa shape index (κ2) is 9.91. The molecule has 1 amide bonds. The van der Waals surface area contributed by atoms with Crippen LogP contribution in [0.1, 0.15) is 34.6 Å². The number of amides is 1. The van der Waals surface area contributed by atoms with Gasteiger partial charge in [-0.3, -0.25) is 19.9 Å². The number of rotatable bonds is 7. The number of imidazole rings is 1. The third-order valence-corrected chi connectivity index (χ3v) is 6.12. The fourth-order valence-corrected chi connectivity index (χ4v) is 4.28. The highest BCUT2D eigenvalue weighted by Gasteiger charge is 2.21. The van der Waals surface area contributed by atoms with Crippen LogP contribution in [0.25, 0.3) is 33.4 Å². The van der Waals surface area contributed by atoms with Crippen LogP contribution in [0.3, 0.4) is 0 Å². The summed E-state index contributed by atoms with van der Waals surface area (Å²) in [5, 5.41) is 23.1. The Kier molecular flexibility index (Phi) is 6.48. The lowest BCUT2D eigenvalue weighted by molar-refractivity contribution is 0.0630. The van der Waals surface area contributed by atoms with Gasteiger partial charge in [-0.05, 0) is 61.4 Å². The summed E-state index contributed by atoms with van der Waals surface area (Å²) in [5.41, 5.74) is 4.26. The monoisotopic (exact) mass is 506 g/mol. The average Bonchev–Trinajstić information content (AvgIpc) is 3.24. The molecule has 8 nitrogen and oxygen atoms in total. The largest absolute Gasteiger partial charge is 0.507 e. The third-order valence-electron chi connectivity index (χ3n) is 6.12. The van der Waals surface area contributed by atoms with Gasteiger partial charge >= 0.3 is 0 Å². The van der Waals surface area contributed by atoms with E-state index in [0.717, 1.165) is 27.7 Å². The van der Waals surface area contributed by atoms with Gasteiger partial charge in [-0.1, -0.05) is 42.5 Å². The molecule has 0 aliphatic rings. The molecule has 38 heavy (non-hydrogen) atoms. The van der Waals surface area contributed by atoms with E-state index in [2.05, 4.69) is 15.3 Å². The number of pyridine rings is 1. The summed E-state index contributed by atoms with van der Waals surface area (Å²) < 4.78 is 1.80. The second-order valence-electron chi connectivity index (χ2n) is 9.68. The third kappa shape index (κ3) is 5.16. The first-order chi connectivity index (χ1) is 18.2. The smallest absolute Gasteiger partial charge is 0.258 e. The molecule has 2 heterocycles. The lowest BCUT2D eigenvalue weighted by Gasteiger charge is -2.20. The highest BCUT2D eigenvalue weighted by atomic mass is 16.3. The van der Waals surface area contributed by atoms with Gasteiger partial charge in [0.2, 0.25) is 5.95 Å². The maximum atomic E-state index is 13.2. The van der Waals surface area contributed by atoms with E-state index in [1.165, 1.54) is 6.07 Å². The molecule has 0 unspecified atom stereocenters. The number of phenols is 1. The van der Waals surface area contributed by atoms with E-state index in [-0.39, 0.29) is 23.8 Å². The Morgan fingerprint density at radius 3 is 2.42 bits per heavy atom. The summed E-state index contributed by atoms with van der Waals surface area (Å²) in [7, 11) is 0. The lowest BCUT2D eigenvalue weighted by atomic mass is 10.0. The van der Waals surface area contributed by atoms with Crippen molar-refractivity contribution >= 4 is 29.2 Å². The van der Waals surface area contributed by atoms with E-state index in [4.69, 9.17) is 0 Å². The number of aldehydes is 1. The number of hydrogen-bond donors (Lipinski definition) is 3. The molecule has 0 aliphatic heterocycles. The Morgan fingerprint density at radius 2 is 1.68 bits per heavy atom. The molecule has 5 aromatic rings. The Bertz CT molecular complexity index is 1650. The van der Waals surface area contributed by atoms with Gasteiger partial charge in [0.1, 0.15) is 5.75 Å². The number of fused-ring (bicyclic) bond motifs is 1. The summed E-state index contributed by atoms with van der Waals surface area (Å²) >= 11 is 0. The van der Waals surface area contributed by atoms with Gasteiger partial charge in [0.15, 0.2) is 6.29 Å². The molecule has 0 spiro atoms. The van der Waals surface area contributed by atoms with Crippen LogP contribution in [0.4, 0.5) is 5.95 Å². The Morgan fingerprint density at radius 1 is 0.974 bits per heavy atom. The lowest BCUT2D eigenvalue weighted by Crippen LogP contribution is -2.27. The van der Waals surface area contributed by atoms with Crippen molar-refractivity contribution in [1.29, 1.82) is 0 Å². The SMILES string of the molecule is CC(C)(O)Cn1c(NC(=O)c2ccnc(-c3ccc(-c4ccc(O)c(C=O)c4)cc3)c2)nc2ccccc21. The van der Waals surface area contributed by atoms with Crippen LogP contribution in [0.15, 0.2) is 85.1 Å². The number of aromatic nitrogens is 3. The molecule has 190 valence electrons. The zero-order chi connectivity index (χ0) is 26.9. The van der Waals surface area contributed by atoms with E-state index < -0.39 is 5.60 Å². The number of nitrogens with zero attached hydrogens (tertiary/aromatic N) is 3. The fourth-order valence-electron chi connectivity index (χ4n) is 4.28. The van der Waals surface area contributed by atoms with Gasteiger partial charge in [0, 0.05) is 17.3 Å². The summed E-state index contributed by atoms with van der Waals surface area (Å²) in [6, 6.07) is 23.3. The number of carbonyl (C=O) groups excluding carboxylic acids is 2. The number of hydrogen-bond acceptors (Lipinski definition) is 6. The van der Waals surface area contributed by atoms with Crippen LogP contribution in [-0.2, 0) is 6.54 Å². The minimum Gasteiger partial charge on any atom is -0.507 e. The highest BCUT2D eigenvalue weighted by Crippen LogP contribution is 2.28. The Labute approximate surface area is 219 Å². The molecular weight excluding hydrogens is 480 g/mol. The van der Waals surface area contributed by atoms with Crippen LogP contribution in [0.2, 0.25) is 0 Å². The fraction of sp³-hybridized carbons (Fsp3) is 0.133. The van der Waals surface area contributed by atoms with Crippen molar-refractivity contribution in [2.75, 3.05) is 5.32 Å². The average molecular weight is 507 g/mol. The first kappa shape index (κ1) is 24.9. The van der Waals surface area contributed by atoms with Crippen LogP contribution in [0.5, 0.6) is 5.75 Å². The standard InChI is InChI=1S/C30H26N4O4/c1-30(2,38)18-34-26-6-4-3-5-24(26)32-29(34)33-28(37)22-13-14-31-25(16-22)20-9-7-19(8-10-20)21-11-12-27(36)23(15-21)17-35/h3-17,36,38H,18H2,1-2H3,(H,32,33,37). The minimum absolute atomic E-state index is 0.0599. The zero-order valence-electron chi connectivity index (χ0n) is 20.9. The summed E-state index contributed by atoms with van der Waals surface area (Å²) in [4.78, 5) is 33.4. The number of nitrogens with one attached hydrogen (secondary N) is 1. The van der Waals surface area contributed by atoms with Crippen molar-refractivity contribution in [2.45, 2.75) is 26.0 Å². The topological polar surface area (TPSA) is 117 Å². The van der Waals surface area contributed by atoms with Crippen LogP contribution in [0, 0.1) is 0 Å². The van der Waals surface area contributed by atoms with E-state index in [1.54, 1.807) is 48.9 Å². The number of carbonyl (C=O) groups is 2. The number of benzene rings is 3. The van der Waals surface area contributed by atoms with Crippen molar-refractivity contribution < 1.29 is 19.8 Å². The molecule has 0 bridgehead atoms. The molecule has 0 atom stereocenters. The number of para-hydroxylation sites is 2. The highest BCUT2D eigenvalue weighted by molar-refractivity contribution is 6.04. The van der Waals surface area contributed by atoms with E-state index in [0.29, 0.717) is 23.5 Å². The van der Waals surface area contributed by atoms with Gasteiger partial charge in [-0.2, -0.15) is 0 Å². The second-order valence-corrected chi connectivity index (χ2v) is 9.68. The van der Waals surface area contributed by atoms with Crippen molar-refractivity contribution in [1.82, 2.24) is 14.5 Å². The van der Waals surface area contributed by atoms with Gasteiger partial charge in [-0.15, -0.1) is 0 Å². The maximum absolute atomic E-state index is 13.2. The van der Waals surface area contributed by atoms with E-state index in [1.807, 2.05) is 48.5 Å². The van der Waals surface area contributed by atoms with E-state index >= 15 is 0 Å². The molecule has 2 aromatic heterocycles. The first-order valence-corrected chi connectivity index (χ1v) is 12.1. The van der Waals surface area contributed by atoms with Gasteiger partial charge < -0.3 is 14.8 Å². The van der Waals surface area contributed by atoms with Crippen molar-refractivity contribution in [3.05, 3.63) is 96.2 Å². The molecule has 0 saturated heterocycles. The number of phenolic OH excluding ortho intramolecular Hbond substituents is 1. The summed E-state index contributed by atoms with van der Waals surface area (Å²) in [6.45, 7) is 3.67. The minimum atomic E-state index is -1.01. The number of anilines is 1. The van der Waals surface area contributed by atoms with Crippen molar-refractivity contribution in [3.63, 3.8) is 0 Å². The van der Waals surface area contributed by atoms with Crippen molar-refractivity contribution in [3.8, 4) is 28.1 Å². The molecule has 3 N–H and O–H groups in total. The molecule has 0 radical (unpaired) electrons. The summed E-state index contributed by atoms with van der Waals surface area (Å²) in [5.74, 6) is -0.0528. The quantitative estimate of drug-likeness (QED) is 0.258. The Hall–Kier alpha value is -4.82. The molecule has 3 aromatic carbocycles. The number of aromatic hydroxyl groups is 1. The van der Waals surface area contributed by atoms with Crippen LogP contribution in [-0.4, -0.2) is 42.5 Å². The maximum Gasteiger partial charge on any atom is 0.258 e. The molecule has 0 saturated carbocycles. The van der Waals surface area contributed by atoms with Gasteiger partial charge in [-0.25, -0.2) is 4.98 Å². The predicted octanol–water partition coefficient (Wildman–Crippen LogP) is 5.31. The van der Waals surface area contributed by atoms with Gasteiger partial charge in [0.25, 0.3) is 5.91 Å². The van der Waals surface area contributed by atoms with Crippen molar-refractivity contribution in [2.24, 2.45) is 0 Å². The van der Waals surface area contributed by atoms with Gasteiger partial charge in [0.05, 0.1) is 34.4 Å². The van der Waals surface area contributed by atoms with E-state index in [9.17, 15) is 19.8 Å².